The Kier molecular flexibility index (Phi) is 6.21. The lowest BCUT2D eigenvalue weighted by atomic mass is 10.0. The predicted molar refractivity (Wildman–Crippen MR) is 139 cm³/mol. The summed E-state index contributed by atoms with van der Waals surface area (Å²) in [5.74, 6) is 0.803. The van der Waals surface area contributed by atoms with Crippen molar-refractivity contribution in [3.05, 3.63) is 64.1 Å². The van der Waals surface area contributed by atoms with Gasteiger partial charge in [-0.3, -0.25) is 19.2 Å². The predicted octanol–water partition coefficient (Wildman–Crippen LogP) is 2.67. The number of H-pyrrole nitrogens is 1. The van der Waals surface area contributed by atoms with E-state index in [0.717, 1.165) is 47.2 Å². The second-order valence-corrected chi connectivity index (χ2v) is 10.1. The molecule has 0 saturated carbocycles. The van der Waals surface area contributed by atoms with Crippen LogP contribution in [0.1, 0.15) is 47.6 Å². The molecule has 2 fully saturated rings. The number of aromatic nitrogens is 5. The minimum atomic E-state index is -0.161. The standard InChI is InChI=1S/C27H31N7O3/c1-17-12-23-21(25-22(26(35)31-23)14-30-34(25)19-4-10-37-11-5-19)13-20(17)27(36)33-9-8-32(18(2)15-33)16-24-28-6-3-7-29-24/h3,6-7,12-14,18-19H,4-5,8-11,15-16H2,1-2H3,(H,31,35)/t18-/m0/s1. The number of aryl methyl sites for hydroxylation is 1. The summed E-state index contributed by atoms with van der Waals surface area (Å²) in [7, 11) is 0. The molecule has 37 heavy (non-hydrogen) atoms. The minimum absolute atomic E-state index is 0.0124. The molecule has 1 atom stereocenters. The molecule has 10 heteroatoms. The molecular weight excluding hydrogens is 470 g/mol. The molecule has 5 heterocycles. The summed E-state index contributed by atoms with van der Waals surface area (Å²) in [4.78, 5) is 42.5. The number of fused-ring (bicyclic) bond motifs is 3. The molecule has 3 aromatic heterocycles. The van der Waals surface area contributed by atoms with Gasteiger partial charge < -0.3 is 14.6 Å². The van der Waals surface area contributed by atoms with Crippen molar-refractivity contribution in [1.82, 2.24) is 34.5 Å². The van der Waals surface area contributed by atoms with Crippen LogP contribution in [0.5, 0.6) is 0 Å². The molecule has 1 amide bonds. The van der Waals surface area contributed by atoms with Gasteiger partial charge in [-0.25, -0.2) is 9.97 Å². The zero-order chi connectivity index (χ0) is 25.5. The molecule has 4 aromatic rings. The number of piperazine rings is 1. The summed E-state index contributed by atoms with van der Waals surface area (Å²) in [6, 6.07) is 6.02. The molecule has 0 bridgehead atoms. The quantitative estimate of drug-likeness (QED) is 0.458. The number of nitrogens with one attached hydrogen (secondary N) is 1. The second kappa shape index (κ2) is 9.68. The Hall–Kier alpha value is -3.63. The summed E-state index contributed by atoms with van der Waals surface area (Å²) >= 11 is 0. The molecule has 0 spiro atoms. The summed E-state index contributed by atoms with van der Waals surface area (Å²) in [6.07, 6.45) is 6.85. The van der Waals surface area contributed by atoms with E-state index in [1.54, 1.807) is 18.6 Å². The highest BCUT2D eigenvalue weighted by Crippen LogP contribution is 2.30. The first-order valence-corrected chi connectivity index (χ1v) is 12.9. The number of ether oxygens (including phenoxy) is 1. The van der Waals surface area contributed by atoms with Crippen LogP contribution in [0.2, 0.25) is 0 Å². The van der Waals surface area contributed by atoms with Gasteiger partial charge in [0.2, 0.25) is 0 Å². The number of rotatable bonds is 4. The number of aromatic amines is 1. The zero-order valence-electron chi connectivity index (χ0n) is 21.2. The lowest BCUT2D eigenvalue weighted by molar-refractivity contribution is 0.0488. The number of pyridine rings is 1. The molecule has 10 nitrogen and oxygen atoms in total. The van der Waals surface area contributed by atoms with Crippen LogP contribution in [0.4, 0.5) is 0 Å². The van der Waals surface area contributed by atoms with Crippen molar-refractivity contribution in [2.24, 2.45) is 0 Å². The highest BCUT2D eigenvalue weighted by atomic mass is 16.5. The highest BCUT2D eigenvalue weighted by molar-refractivity contribution is 6.07. The van der Waals surface area contributed by atoms with Crippen LogP contribution in [-0.4, -0.2) is 79.3 Å². The molecular formula is C27H31N7O3. The smallest absolute Gasteiger partial charge is 0.259 e. The third-order valence-electron chi connectivity index (χ3n) is 7.69. The Bertz CT molecular complexity index is 1510. The van der Waals surface area contributed by atoms with Gasteiger partial charge in [-0.05, 0) is 50.5 Å². The number of nitrogens with zero attached hydrogens (tertiary/aromatic N) is 6. The van der Waals surface area contributed by atoms with Crippen LogP contribution >= 0.6 is 0 Å². The first-order valence-electron chi connectivity index (χ1n) is 12.9. The Balaban J connectivity index is 1.32. The van der Waals surface area contributed by atoms with E-state index in [1.165, 1.54) is 0 Å². The SMILES string of the molecule is Cc1cc2[nH]c(=O)c3cnn(C4CCOCC4)c3c2cc1C(=O)N1CCN(Cc2ncccn2)[C@@H](C)C1. The molecule has 2 saturated heterocycles. The molecule has 6 rings (SSSR count). The molecule has 1 N–H and O–H groups in total. The average molecular weight is 502 g/mol. The lowest BCUT2D eigenvalue weighted by Crippen LogP contribution is -2.53. The maximum absolute atomic E-state index is 13.8. The van der Waals surface area contributed by atoms with Crippen LogP contribution in [-0.2, 0) is 11.3 Å². The third kappa shape index (κ3) is 4.40. The topological polar surface area (TPSA) is 109 Å². The van der Waals surface area contributed by atoms with Crippen molar-refractivity contribution in [2.75, 3.05) is 32.8 Å². The van der Waals surface area contributed by atoms with E-state index in [2.05, 4.69) is 31.9 Å². The van der Waals surface area contributed by atoms with Crippen LogP contribution in [0.25, 0.3) is 21.8 Å². The van der Waals surface area contributed by atoms with Gasteiger partial charge in [0.15, 0.2) is 0 Å². The Labute approximate surface area is 214 Å². The van der Waals surface area contributed by atoms with E-state index in [9.17, 15) is 9.59 Å². The normalized spacial score (nSPS) is 19.6. The third-order valence-corrected chi connectivity index (χ3v) is 7.69. The molecule has 192 valence electrons. The Morgan fingerprint density at radius 1 is 1.14 bits per heavy atom. The van der Waals surface area contributed by atoms with Crippen LogP contribution < -0.4 is 5.56 Å². The zero-order valence-corrected chi connectivity index (χ0v) is 21.2. The van der Waals surface area contributed by atoms with Crippen molar-refractivity contribution >= 4 is 27.7 Å². The highest BCUT2D eigenvalue weighted by Gasteiger charge is 2.29. The average Bonchev–Trinajstić information content (AvgIpc) is 3.37. The molecule has 0 aliphatic carbocycles. The maximum Gasteiger partial charge on any atom is 0.259 e. The van der Waals surface area contributed by atoms with E-state index in [0.29, 0.717) is 43.8 Å². The summed E-state index contributed by atoms with van der Waals surface area (Å²) in [5, 5.41) is 5.99. The Morgan fingerprint density at radius 3 is 2.68 bits per heavy atom. The summed E-state index contributed by atoms with van der Waals surface area (Å²) in [6.45, 7) is 8.10. The van der Waals surface area contributed by atoms with Crippen molar-refractivity contribution in [2.45, 2.75) is 45.3 Å². The van der Waals surface area contributed by atoms with Crippen molar-refractivity contribution in [3.8, 4) is 0 Å². The van der Waals surface area contributed by atoms with E-state index in [4.69, 9.17) is 4.74 Å². The van der Waals surface area contributed by atoms with Crippen LogP contribution in [0.3, 0.4) is 0 Å². The van der Waals surface area contributed by atoms with Gasteiger partial charge in [0, 0.05) is 62.2 Å². The fourth-order valence-corrected chi connectivity index (χ4v) is 5.61. The summed E-state index contributed by atoms with van der Waals surface area (Å²) in [5.41, 5.74) is 2.86. The molecule has 0 radical (unpaired) electrons. The van der Waals surface area contributed by atoms with Gasteiger partial charge in [-0.2, -0.15) is 5.10 Å². The number of benzene rings is 1. The van der Waals surface area contributed by atoms with Gasteiger partial charge in [0.05, 0.1) is 35.2 Å². The van der Waals surface area contributed by atoms with Gasteiger partial charge in [0.25, 0.3) is 11.5 Å². The molecule has 1 aromatic carbocycles. The van der Waals surface area contributed by atoms with E-state index >= 15 is 0 Å². The van der Waals surface area contributed by atoms with Gasteiger partial charge in [-0.15, -0.1) is 0 Å². The van der Waals surface area contributed by atoms with Gasteiger partial charge in [-0.1, -0.05) is 0 Å². The van der Waals surface area contributed by atoms with Crippen molar-refractivity contribution < 1.29 is 9.53 Å². The van der Waals surface area contributed by atoms with Crippen LogP contribution in [0, 0.1) is 6.92 Å². The fraction of sp³-hybridized carbons (Fsp3) is 0.444. The van der Waals surface area contributed by atoms with Gasteiger partial charge >= 0.3 is 0 Å². The Morgan fingerprint density at radius 2 is 1.92 bits per heavy atom. The summed E-state index contributed by atoms with van der Waals surface area (Å²) < 4.78 is 7.50. The minimum Gasteiger partial charge on any atom is -0.381 e. The van der Waals surface area contributed by atoms with Crippen molar-refractivity contribution in [1.29, 1.82) is 0 Å². The first-order chi connectivity index (χ1) is 18.0. The number of hydrogen-bond acceptors (Lipinski definition) is 7. The molecule has 0 unspecified atom stereocenters. The van der Waals surface area contributed by atoms with E-state index in [-0.39, 0.29) is 23.6 Å². The number of carbonyl (C=O) groups is 1. The number of carbonyl (C=O) groups excluding carboxylic acids is 1. The van der Waals surface area contributed by atoms with E-state index in [1.807, 2.05) is 34.7 Å². The largest absolute Gasteiger partial charge is 0.381 e. The second-order valence-electron chi connectivity index (χ2n) is 10.1. The van der Waals surface area contributed by atoms with Crippen molar-refractivity contribution in [3.63, 3.8) is 0 Å². The van der Waals surface area contributed by atoms with Crippen LogP contribution in [0.15, 0.2) is 41.6 Å². The fourth-order valence-electron chi connectivity index (χ4n) is 5.61. The monoisotopic (exact) mass is 501 g/mol. The number of amides is 1. The number of hydrogen-bond donors (Lipinski definition) is 1. The lowest BCUT2D eigenvalue weighted by Gasteiger charge is -2.39. The molecule has 2 aliphatic rings. The molecule has 2 aliphatic heterocycles. The van der Waals surface area contributed by atoms with E-state index < -0.39 is 0 Å². The van der Waals surface area contributed by atoms with Gasteiger partial charge in [0.1, 0.15) is 5.82 Å². The first kappa shape index (κ1) is 23.7. The maximum atomic E-state index is 13.8.